The van der Waals surface area contributed by atoms with Gasteiger partial charge in [-0.1, -0.05) is 0 Å². The number of amides is 2. The van der Waals surface area contributed by atoms with Crippen LogP contribution in [0.25, 0.3) is 0 Å². The SMILES string of the molecule is CCNC(=O)N(C)C1CCN(C)C1. The maximum absolute atomic E-state index is 11.4. The van der Waals surface area contributed by atoms with Crippen LogP contribution < -0.4 is 5.32 Å². The first-order valence-electron chi connectivity index (χ1n) is 4.84. The summed E-state index contributed by atoms with van der Waals surface area (Å²) in [6, 6.07) is 0.430. The minimum atomic E-state index is 0.0443. The predicted octanol–water partition coefficient (Wildman–Crippen LogP) is 0.352. The number of nitrogens with one attached hydrogen (secondary N) is 1. The van der Waals surface area contributed by atoms with Crippen molar-refractivity contribution in [1.82, 2.24) is 15.1 Å². The Hall–Kier alpha value is -0.770. The predicted molar refractivity (Wildman–Crippen MR) is 52.7 cm³/mol. The number of likely N-dealkylation sites (N-methyl/N-ethyl adjacent to an activating group) is 2. The Morgan fingerprint density at radius 2 is 2.38 bits per heavy atom. The second kappa shape index (κ2) is 4.46. The number of urea groups is 1. The summed E-state index contributed by atoms with van der Waals surface area (Å²) in [4.78, 5) is 15.5. The van der Waals surface area contributed by atoms with Crippen molar-refractivity contribution in [2.75, 3.05) is 33.7 Å². The molecule has 0 aromatic rings. The van der Waals surface area contributed by atoms with Crippen LogP contribution in [0.5, 0.6) is 0 Å². The van der Waals surface area contributed by atoms with Crippen molar-refractivity contribution in [3.8, 4) is 0 Å². The van der Waals surface area contributed by atoms with E-state index >= 15 is 0 Å². The summed E-state index contributed by atoms with van der Waals surface area (Å²) in [5.41, 5.74) is 0. The molecule has 0 radical (unpaired) electrons. The lowest BCUT2D eigenvalue weighted by atomic mass is 10.2. The molecule has 0 saturated carbocycles. The van der Waals surface area contributed by atoms with Crippen LogP contribution in [0.1, 0.15) is 13.3 Å². The van der Waals surface area contributed by atoms with Gasteiger partial charge < -0.3 is 15.1 Å². The van der Waals surface area contributed by atoms with Gasteiger partial charge in [-0.2, -0.15) is 0 Å². The highest BCUT2D eigenvalue weighted by Gasteiger charge is 2.25. The number of nitrogens with zero attached hydrogens (tertiary/aromatic N) is 2. The van der Waals surface area contributed by atoms with Gasteiger partial charge >= 0.3 is 6.03 Å². The highest BCUT2D eigenvalue weighted by atomic mass is 16.2. The number of rotatable bonds is 2. The molecule has 1 aliphatic rings. The molecule has 0 aromatic heterocycles. The third-order valence-electron chi connectivity index (χ3n) is 2.56. The molecule has 1 saturated heterocycles. The van der Waals surface area contributed by atoms with E-state index in [2.05, 4.69) is 17.3 Å². The van der Waals surface area contributed by atoms with E-state index < -0.39 is 0 Å². The molecule has 0 aromatic carbocycles. The molecule has 0 bridgehead atoms. The van der Waals surface area contributed by atoms with Crippen molar-refractivity contribution in [3.63, 3.8) is 0 Å². The van der Waals surface area contributed by atoms with Gasteiger partial charge in [-0.3, -0.25) is 0 Å². The normalized spacial score (nSPS) is 23.2. The van der Waals surface area contributed by atoms with Crippen LogP contribution in [-0.4, -0.2) is 55.6 Å². The Kier molecular flexibility index (Phi) is 3.54. The van der Waals surface area contributed by atoms with Crippen LogP contribution in [0.4, 0.5) is 4.79 Å². The van der Waals surface area contributed by atoms with Crippen molar-refractivity contribution in [3.05, 3.63) is 0 Å². The summed E-state index contributed by atoms with van der Waals surface area (Å²) < 4.78 is 0. The summed E-state index contributed by atoms with van der Waals surface area (Å²) >= 11 is 0. The average Bonchev–Trinajstić information content (AvgIpc) is 2.51. The summed E-state index contributed by atoms with van der Waals surface area (Å²) in [5.74, 6) is 0. The molecule has 1 aliphatic heterocycles. The second-order valence-electron chi connectivity index (χ2n) is 3.65. The lowest BCUT2D eigenvalue weighted by Gasteiger charge is -2.24. The van der Waals surface area contributed by atoms with Gasteiger partial charge in [0.1, 0.15) is 0 Å². The topological polar surface area (TPSA) is 35.6 Å². The maximum atomic E-state index is 11.4. The van der Waals surface area contributed by atoms with Crippen LogP contribution in [0.3, 0.4) is 0 Å². The molecular formula is C9H19N3O. The van der Waals surface area contributed by atoms with Gasteiger partial charge in [0.25, 0.3) is 0 Å². The molecule has 1 unspecified atom stereocenters. The standard InChI is InChI=1S/C9H19N3O/c1-4-10-9(13)12(3)8-5-6-11(2)7-8/h8H,4-7H2,1-3H3,(H,10,13). The molecule has 0 spiro atoms. The second-order valence-corrected chi connectivity index (χ2v) is 3.65. The monoisotopic (exact) mass is 185 g/mol. The number of hydrogen-bond acceptors (Lipinski definition) is 2. The van der Waals surface area contributed by atoms with Gasteiger partial charge in [-0.05, 0) is 26.9 Å². The Morgan fingerprint density at radius 3 is 2.85 bits per heavy atom. The van der Waals surface area contributed by atoms with Crippen molar-refractivity contribution in [2.24, 2.45) is 0 Å². The van der Waals surface area contributed by atoms with Crippen LogP contribution in [-0.2, 0) is 0 Å². The molecule has 1 N–H and O–H groups in total. The Bertz CT molecular complexity index is 184. The van der Waals surface area contributed by atoms with Crippen molar-refractivity contribution >= 4 is 6.03 Å². The molecule has 76 valence electrons. The fraction of sp³-hybridized carbons (Fsp3) is 0.889. The largest absolute Gasteiger partial charge is 0.338 e. The van der Waals surface area contributed by atoms with Crippen LogP contribution in [0.2, 0.25) is 0 Å². The van der Waals surface area contributed by atoms with E-state index in [1.165, 1.54) is 0 Å². The van der Waals surface area contributed by atoms with E-state index in [4.69, 9.17) is 0 Å². The van der Waals surface area contributed by atoms with Crippen molar-refractivity contribution in [2.45, 2.75) is 19.4 Å². The molecule has 4 nitrogen and oxygen atoms in total. The quantitative estimate of drug-likeness (QED) is 0.674. The first kappa shape index (κ1) is 10.3. The van der Waals surface area contributed by atoms with Gasteiger partial charge in [0.05, 0.1) is 0 Å². The molecule has 1 atom stereocenters. The first-order valence-corrected chi connectivity index (χ1v) is 4.84. The van der Waals surface area contributed by atoms with E-state index in [0.717, 1.165) is 19.5 Å². The molecule has 2 amide bonds. The minimum Gasteiger partial charge on any atom is -0.338 e. The highest BCUT2D eigenvalue weighted by Crippen LogP contribution is 2.12. The zero-order chi connectivity index (χ0) is 9.84. The first-order chi connectivity index (χ1) is 6.15. The highest BCUT2D eigenvalue weighted by molar-refractivity contribution is 5.74. The van der Waals surface area contributed by atoms with Crippen molar-refractivity contribution < 1.29 is 4.79 Å². The van der Waals surface area contributed by atoms with Gasteiger partial charge in [-0.25, -0.2) is 4.79 Å². The zero-order valence-electron chi connectivity index (χ0n) is 8.71. The molecule has 13 heavy (non-hydrogen) atoms. The fourth-order valence-corrected chi connectivity index (χ4v) is 1.67. The fourth-order valence-electron chi connectivity index (χ4n) is 1.67. The molecule has 1 heterocycles. The van der Waals surface area contributed by atoms with E-state index in [1.807, 2.05) is 18.9 Å². The van der Waals surface area contributed by atoms with Gasteiger partial charge in [-0.15, -0.1) is 0 Å². The molecule has 4 heteroatoms. The minimum absolute atomic E-state index is 0.0443. The van der Waals surface area contributed by atoms with Gasteiger partial charge in [0.2, 0.25) is 0 Å². The maximum Gasteiger partial charge on any atom is 0.317 e. The van der Waals surface area contributed by atoms with E-state index in [1.54, 1.807) is 0 Å². The molecular weight excluding hydrogens is 166 g/mol. The zero-order valence-corrected chi connectivity index (χ0v) is 8.71. The smallest absolute Gasteiger partial charge is 0.317 e. The summed E-state index contributed by atoms with van der Waals surface area (Å²) in [7, 11) is 3.96. The Morgan fingerprint density at radius 1 is 1.69 bits per heavy atom. The van der Waals surface area contributed by atoms with E-state index in [-0.39, 0.29) is 6.03 Å². The van der Waals surface area contributed by atoms with Crippen LogP contribution in [0, 0.1) is 0 Å². The third kappa shape index (κ3) is 2.59. The summed E-state index contributed by atoms with van der Waals surface area (Å²) in [5, 5.41) is 2.81. The Balaban J connectivity index is 2.38. The number of carbonyl (C=O) groups is 1. The summed E-state index contributed by atoms with van der Waals surface area (Å²) in [6.45, 7) is 4.72. The number of hydrogen-bond donors (Lipinski definition) is 1. The van der Waals surface area contributed by atoms with Gasteiger partial charge in [0.15, 0.2) is 0 Å². The number of carbonyl (C=O) groups excluding carboxylic acids is 1. The van der Waals surface area contributed by atoms with Gasteiger partial charge in [0, 0.05) is 26.2 Å². The van der Waals surface area contributed by atoms with Crippen molar-refractivity contribution in [1.29, 1.82) is 0 Å². The van der Waals surface area contributed by atoms with E-state index in [9.17, 15) is 4.79 Å². The van der Waals surface area contributed by atoms with Crippen LogP contribution in [0.15, 0.2) is 0 Å². The number of likely N-dealkylation sites (tertiary alicyclic amines) is 1. The molecule has 1 rings (SSSR count). The third-order valence-corrected chi connectivity index (χ3v) is 2.56. The molecule has 0 aliphatic carbocycles. The summed E-state index contributed by atoms with van der Waals surface area (Å²) in [6.07, 6.45) is 1.09. The lowest BCUT2D eigenvalue weighted by Crippen LogP contribution is -2.44. The lowest BCUT2D eigenvalue weighted by molar-refractivity contribution is 0.191. The Labute approximate surface area is 79.9 Å². The van der Waals surface area contributed by atoms with E-state index in [0.29, 0.717) is 12.6 Å². The molecule has 1 fully saturated rings. The van der Waals surface area contributed by atoms with Crippen LogP contribution >= 0.6 is 0 Å². The average molecular weight is 185 g/mol.